The quantitative estimate of drug-likeness (QED) is 0.712. The first-order valence-electron chi connectivity index (χ1n) is 9.12. The Hall–Kier alpha value is -3.15. The number of Topliss-reactive ketones (excluding diaryl/α,β-unsaturated/α-hetero) is 1. The largest absolute Gasteiger partial charge is 0.423 e. The van der Waals surface area contributed by atoms with Gasteiger partial charge in [-0.05, 0) is 56.2 Å². The predicted octanol–water partition coefficient (Wildman–Crippen LogP) is 3.89. The Bertz CT molecular complexity index is 937. The average molecular weight is 363 g/mol. The van der Waals surface area contributed by atoms with Gasteiger partial charge in [0.05, 0.1) is 0 Å². The van der Waals surface area contributed by atoms with E-state index in [1.54, 1.807) is 24.3 Å². The highest BCUT2D eigenvalue weighted by Gasteiger charge is 2.27. The second-order valence-corrected chi connectivity index (χ2v) is 6.85. The summed E-state index contributed by atoms with van der Waals surface area (Å²) in [5.41, 5.74) is 2.98. The van der Waals surface area contributed by atoms with Gasteiger partial charge in [-0.2, -0.15) is 4.98 Å². The van der Waals surface area contributed by atoms with Gasteiger partial charge >= 0.3 is 0 Å². The number of nitrogens with zero attached hydrogens (tertiary/aromatic N) is 2. The lowest BCUT2D eigenvalue weighted by molar-refractivity contribution is -0.120. The van der Waals surface area contributed by atoms with Crippen molar-refractivity contribution in [1.29, 1.82) is 0 Å². The fraction of sp³-hybridized carbons (Fsp3) is 0.286. The number of anilines is 2. The Balaban J connectivity index is 1.35. The van der Waals surface area contributed by atoms with Crippen molar-refractivity contribution in [3.63, 3.8) is 0 Å². The molecule has 0 spiro atoms. The Morgan fingerprint density at radius 1 is 1.07 bits per heavy atom. The van der Waals surface area contributed by atoms with Crippen molar-refractivity contribution in [2.45, 2.75) is 19.8 Å². The van der Waals surface area contributed by atoms with Gasteiger partial charge in [0.1, 0.15) is 5.52 Å². The molecule has 6 heteroatoms. The zero-order valence-electron chi connectivity index (χ0n) is 15.1. The maximum atomic E-state index is 12.5. The summed E-state index contributed by atoms with van der Waals surface area (Å²) in [6.45, 7) is 2.99. The molecule has 1 aliphatic heterocycles. The number of carbonyl (C=O) groups excluding carboxylic acids is 2. The number of hydrogen-bond donors (Lipinski definition) is 1. The van der Waals surface area contributed by atoms with Crippen LogP contribution in [-0.4, -0.2) is 29.8 Å². The number of para-hydroxylation sites is 2. The summed E-state index contributed by atoms with van der Waals surface area (Å²) in [5, 5.41) is 2.95. The molecule has 4 rings (SSSR count). The zero-order chi connectivity index (χ0) is 18.8. The number of benzene rings is 2. The highest BCUT2D eigenvalue weighted by Crippen LogP contribution is 2.27. The van der Waals surface area contributed by atoms with Crippen molar-refractivity contribution < 1.29 is 14.0 Å². The molecule has 0 atom stereocenters. The van der Waals surface area contributed by atoms with Crippen LogP contribution in [0.4, 0.5) is 11.7 Å². The maximum absolute atomic E-state index is 12.5. The van der Waals surface area contributed by atoms with E-state index in [4.69, 9.17) is 4.42 Å². The van der Waals surface area contributed by atoms with E-state index in [-0.39, 0.29) is 17.6 Å². The molecule has 0 unspecified atom stereocenters. The van der Waals surface area contributed by atoms with E-state index in [1.165, 1.54) is 6.92 Å². The highest BCUT2D eigenvalue weighted by molar-refractivity contribution is 5.96. The van der Waals surface area contributed by atoms with Gasteiger partial charge in [-0.15, -0.1) is 0 Å². The number of fused-ring (bicyclic) bond motifs is 1. The van der Waals surface area contributed by atoms with Crippen molar-refractivity contribution in [3.8, 4) is 0 Å². The van der Waals surface area contributed by atoms with E-state index in [0.29, 0.717) is 17.3 Å². The highest BCUT2D eigenvalue weighted by atomic mass is 16.4. The Kier molecular flexibility index (Phi) is 4.62. The summed E-state index contributed by atoms with van der Waals surface area (Å²) in [6.07, 6.45) is 1.49. The van der Waals surface area contributed by atoms with Crippen LogP contribution in [0.3, 0.4) is 0 Å². The normalized spacial score (nSPS) is 15.1. The van der Waals surface area contributed by atoms with E-state index in [1.807, 2.05) is 24.3 Å². The number of aromatic nitrogens is 1. The summed E-state index contributed by atoms with van der Waals surface area (Å²) >= 11 is 0. The van der Waals surface area contributed by atoms with Crippen LogP contribution in [0.2, 0.25) is 0 Å². The zero-order valence-corrected chi connectivity index (χ0v) is 15.1. The fourth-order valence-electron chi connectivity index (χ4n) is 3.36. The second-order valence-electron chi connectivity index (χ2n) is 6.85. The van der Waals surface area contributed by atoms with E-state index >= 15 is 0 Å². The Morgan fingerprint density at radius 2 is 1.78 bits per heavy atom. The number of nitrogens with one attached hydrogen (secondary N) is 1. The molecule has 27 heavy (non-hydrogen) atoms. The number of piperidine rings is 1. The molecule has 1 amide bonds. The molecule has 0 radical (unpaired) electrons. The molecule has 0 saturated carbocycles. The van der Waals surface area contributed by atoms with Crippen molar-refractivity contribution in [2.24, 2.45) is 5.92 Å². The number of amides is 1. The van der Waals surface area contributed by atoms with Crippen LogP contribution >= 0.6 is 0 Å². The fourth-order valence-corrected chi connectivity index (χ4v) is 3.36. The molecule has 138 valence electrons. The van der Waals surface area contributed by atoms with Gasteiger partial charge in [-0.1, -0.05) is 12.1 Å². The van der Waals surface area contributed by atoms with Crippen LogP contribution in [-0.2, 0) is 4.79 Å². The number of ketones is 1. The molecule has 2 heterocycles. The van der Waals surface area contributed by atoms with Crippen molar-refractivity contribution in [2.75, 3.05) is 23.3 Å². The molecule has 6 nitrogen and oxygen atoms in total. The molecule has 3 aromatic rings. The van der Waals surface area contributed by atoms with Crippen LogP contribution in [0.5, 0.6) is 0 Å². The third-order valence-electron chi connectivity index (χ3n) is 4.98. The third kappa shape index (κ3) is 3.69. The summed E-state index contributed by atoms with van der Waals surface area (Å²) in [6, 6.07) is 15.3. The van der Waals surface area contributed by atoms with Crippen molar-refractivity contribution in [1.82, 2.24) is 4.98 Å². The number of hydrogen-bond acceptors (Lipinski definition) is 5. The standard InChI is InChI=1S/C21H21N3O3/c1-14(25)15-6-8-17(9-7-15)22-20(26)16-10-12-24(13-11-16)21-23-18-4-2-3-5-19(18)27-21/h2-9,16H,10-13H2,1H3,(H,22,26). The summed E-state index contributed by atoms with van der Waals surface area (Å²) in [7, 11) is 0. The van der Waals surface area contributed by atoms with E-state index in [2.05, 4.69) is 15.2 Å². The minimum atomic E-state index is -0.0434. The minimum absolute atomic E-state index is 0.0134. The van der Waals surface area contributed by atoms with Gasteiger partial charge in [0.15, 0.2) is 11.4 Å². The number of oxazole rings is 1. The lowest BCUT2D eigenvalue weighted by Gasteiger charge is -2.30. The number of rotatable bonds is 4. The van der Waals surface area contributed by atoms with Crippen LogP contribution in [0.1, 0.15) is 30.1 Å². The van der Waals surface area contributed by atoms with Crippen LogP contribution < -0.4 is 10.2 Å². The average Bonchev–Trinajstić information content (AvgIpc) is 3.13. The van der Waals surface area contributed by atoms with Crippen LogP contribution in [0.15, 0.2) is 52.9 Å². The van der Waals surface area contributed by atoms with Gasteiger partial charge < -0.3 is 14.6 Å². The lowest BCUT2D eigenvalue weighted by Crippen LogP contribution is -2.38. The third-order valence-corrected chi connectivity index (χ3v) is 4.98. The van der Waals surface area contributed by atoms with Gasteiger partial charge in [0, 0.05) is 30.3 Å². The maximum Gasteiger partial charge on any atom is 0.298 e. The first-order valence-corrected chi connectivity index (χ1v) is 9.12. The van der Waals surface area contributed by atoms with E-state index < -0.39 is 0 Å². The van der Waals surface area contributed by atoms with Crippen LogP contribution in [0.25, 0.3) is 11.1 Å². The predicted molar refractivity (Wildman–Crippen MR) is 104 cm³/mol. The molecular formula is C21H21N3O3. The van der Waals surface area contributed by atoms with Crippen LogP contribution in [0, 0.1) is 5.92 Å². The first kappa shape index (κ1) is 17.3. The number of carbonyl (C=O) groups is 2. The molecular weight excluding hydrogens is 342 g/mol. The SMILES string of the molecule is CC(=O)c1ccc(NC(=O)C2CCN(c3nc4ccccc4o3)CC2)cc1. The first-order chi connectivity index (χ1) is 13.1. The molecule has 1 aliphatic rings. The molecule has 1 N–H and O–H groups in total. The molecule has 1 fully saturated rings. The smallest absolute Gasteiger partial charge is 0.298 e. The molecule has 1 saturated heterocycles. The summed E-state index contributed by atoms with van der Waals surface area (Å²) < 4.78 is 5.82. The Morgan fingerprint density at radius 3 is 2.44 bits per heavy atom. The second kappa shape index (κ2) is 7.23. The topological polar surface area (TPSA) is 75.4 Å². The monoisotopic (exact) mass is 363 g/mol. The van der Waals surface area contributed by atoms with E-state index in [9.17, 15) is 9.59 Å². The molecule has 2 aromatic carbocycles. The molecule has 1 aromatic heterocycles. The molecule has 0 bridgehead atoms. The van der Waals surface area contributed by atoms with Gasteiger partial charge in [-0.25, -0.2) is 0 Å². The lowest BCUT2D eigenvalue weighted by atomic mass is 9.96. The van der Waals surface area contributed by atoms with Crippen molar-refractivity contribution >= 4 is 34.5 Å². The molecule has 0 aliphatic carbocycles. The van der Waals surface area contributed by atoms with Gasteiger partial charge in [0.2, 0.25) is 5.91 Å². The minimum Gasteiger partial charge on any atom is -0.423 e. The summed E-state index contributed by atoms with van der Waals surface area (Å²) in [5.74, 6) is -0.0136. The van der Waals surface area contributed by atoms with Crippen molar-refractivity contribution in [3.05, 3.63) is 54.1 Å². The van der Waals surface area contributed by atoms with Gasteiger partial charge in [-0.3, -0.25) is 9.59 Å². The van der Waals surface area contributed by atoms with Gasteiger partial charge in [0.25, 0.3) is 6.01 Å². The summed E-state index contributed by atoms with van der Waals surface area (Å²) in [4.78, 5) is 30.5. The Labute approximate surface area is 157 Å². The van der Waals surface area contributed by atoms with E-state index in [0.717, 1.165) is 37.0 Å².